The molecule has 0 fully saturated rings. The molecule has 0 aliphatic carbocycles. The highest BCUT2D eigenvalue weighted by Crippen LogP contribution is 2.30. The topological polar surface area (TPSA) is 60.5 Å². The molecule has 1 aromatic heterocycles. The van der Waals surface area contributed by atoms with E-state index in [-0.39, 0.29) is 34.7 Å². The summed E-state index contributed by atoms with van der Waals surface area (Å²) in [6, 6.07) is 6.64. The Morgan fingerprint density at radius 3 is 2.55 bits per heavy atom. The second-order valence-electron chi connectivity index (χ2n) is 5.64. The van der Waals surface area contributed by atoms with Crippen LogP contribution < -0.4 is 14.8 Å². The number of ether oxygens (including phenoxy) is 2. The fourth-order valence-corrected chi connectivity index (χ4v) is 2.91. The number of pyridine rings is 1. The van der Waals surface area contributed by atoms with E-state index in [1.165, 1.54) is 25.3 Å². The van der Waals surface area contributed by atoms with Gasteiger partial charge in [-0.25, -0.2) is 4.98 Å². The Bertz CT molecular complexity index is 816. The standard InChI is InChI=1S/C18H17F5N2O3S/c1-27-13-4-2-11(8-14(13)28-17(19)20)6-7-24-15(26)10-29-16-5-3-12(9-25-16)18(21,22)23/h2-5,8-9,17H,6-7,10H2,1H3,(H,24,26). The number of benzene rings is 1. The number of amides is 1. The van der Waals surface area contributed by atoms with Gasteiger partial charge in [0.25, 0.3) is 0 Å². The van der Waals surface area contributed by atoms with Crippen LogP contribution in [0.3, 0.4) is 0 Å². The molecule has 0 radical (unpaired) electrons. The number of aromatic nitrogens is 1. The zero-order chi connectivity index (χ0) is 21.4. The molecule has 5 nitrogen and oxygen atoms in total. The average molecular weight is 436 g/mol. The number of methoxy groups -OCH3 is 1. The van der Waals surface area contributed by atoms with Crippen LogP contribution in [-0.4, -0.2) is 36.9 Å². The predicted molar refractivity (Wildman–Crippen MR) is 96.3 cm³/mol. The van der Waals surface area contributed by atoms with Crippen molar-refractivity contribution in [3.05, 3.63) is 47.7 Å². The summed E-state index contributed by atoms with van der Waals surface area (Å²) < 4.78 is 71.6. The van der Waals surface area contributed by atoms with E-state index in [1.54, 1.807) is 6.07 Å². The third-order valence-corrected chi connectivity index (χ3v) is 4.54. The number of hydrogen-bond acceptors (Lipinski definition) is 5. The van der Waals surface area contributed by atoms with Crippen molar-refractivity contribution in [1.29, 1.82) is 0 Å². The Labute approximate surface area is 167 Å². The number of halogens is 5. The molecule has 0 saturated heterocycles. The van der Waals surface area contributed by atoms with Gasteiger partial charge in [0.2, 0.25) is 5.91 Å². The molecule has 1 heterocycles. The van der Waals surface area contributed by atoms with Crippen LogP contribution in [0.5, 0.6) is 11.5 Å². The lowest BCUT2D eigenvalue weighted by Crippen LogP contribution is -2.27. The second-order valence-corrected chi connectivity index (χ2v) is 6.63. The van der Waals surface area contributed by atoms with Crippen LogP contribution in [0.15, 0.2) is 41.6 Å². The highest BCUT2D eigenvalue weighted by Gasteiger charge is 2.30. The zero-order valence-corrected chi connectivity index (χ0v) is 15.9. The molecule has 0 spiro atoms. The summed E-state index contributed by atoms with van der Waals surface area (Å²) >= 11 is 0.998. The summed E-state index contributed by atoms with van der Waals surface area (Å²) in [7, 11) is 1.33. The molecule has 1 aromatic carbocycles. The molecule has 2 rings (SSSR count). The molecule has 0 unspecified atom stereocenters. The number of alkyl halides is 5. The Balaban J connectivity index is 1.79. The number of carbonyl (C=O) groups is 1. The lowest BCUT2D eigenvalue weighted by Gasteiger charge is -2.12. The van der Waals surface area contributed by atoms with Crippen LogP contribution >= 0.6 is 11.8 Å². The first kappa shape index (κ1) is 22.7. The molecular weight excluding hydrogens is 419 g/mol. The summed E-state index contributed by atoms with van der Waals surface area (Å²) in [5.74, 6) is -0.302. The Morgan fingerprint density at radius 1 is 1.21 bits per heavy atom. The molecule has 0 aliphatic rings. The number of carbonyl (C=O) groups excluding carboxylic acids is 1. The van der Waals surface area contributed by atoms with Crippen molar-refractivity contribution in [3.63, 3.8) is 0 Å². The normalized spacial score (nSPS) is 11.4. The van der Waals surface area contributed by atoms with E-state index in [0.29, 0.717) is 18.2 Å². The predicted octanol–water partition coefficient (Wildman–Crippen LogP) is 4.16. The minimum absolute atomic E-state index is 0.0271. The van der Waals surface area contributed by atoms with E-state index in [1.807, 2.05) is 0 Å². The van der Waals surface area contributed by atoms with Gasteiger partial charge in [0, 0.05) is 12.7 Å². The number of nitrogens with zero attached hydrogens (tertiary/aromatic N) is 1. The van der Waals surface area contributed by atoms with Crippen molar-refractivity contribution in [2.75, 3.05) is 19.4 Å². The van der Waals surface area contributed by atoms with E-state index >= 15 is 0 Å². The van der Waals surface area contributed by atoms with Crippen molar-refractivity contribution < 1.29 is 36.2 Å². The summed E-state index contributed by atoms with van der Waals surface area (Å²) in [6.45, 7) is -2.75. The molecule has 158 valence electrons. The van der Waals surface area contributed by atoms with Gasteiger partial charge in [-0.05, 0) is 36.2 Å². The fraction of sp³-hybridized carbons (Fsp3) is 0.333. The van der Waals surface area contributed by atoms with Gasteiger partial charge in [-0.2, -0.15) is 22.0 Å². The first-order chi connectivity index (χ1) is 13.7. The third-order valence-electron chi connectivity index (χ3n) is 3.59. The van der Waals surface area contributed by atoms with Crippen LogP contribution in [0.2, 0.25) is 0 Å². The molecular formula is C18H17F5N2O3S. The molecule has 0 atom stereocenters. The summed E-state index contributed by atoms with van der Waals surface area (Å²) in [5.41, 5.74) is -0.209. The average Bonchev–Trinajstić information content (AvgIpc) is 2.66. The quantitative estimate of drug-likeness (QED) is 0.473. The SMILES string of the molecule is COc1ccc(CCNC(=O)CSc2ccc(C(F)(F)F)cn2)cc1OC(F)F. The van der Waals surface area contributed by atoms with Gasteiger partial charge in [0.1, 0.15) is 0 Å². The number of hydrogen-bond donors (Lipinski definition) is 1. The third kappa shape index (κ3) is 7.41. The van der Waals surface area contributed by atoms with Gasteiger partial charge < -0.3 is 14.8 Å². The van der Waals surface area contributed by atoms with Gasteiger partial charge in [0.05, 0.1) is 23.5 Å². The lowest BCUT2D eigenvalue weighted by molar-refractivity contribution is -0.137. The maximum absolute atomic E-state index is 12.5. The Morgan fingerprint density at radius 2 is 1.97 bits per heavy atom. The fourth-order valence-electron chi connectivity index (χ4n) is 2.23. The largest absolute Gasteiger partial charge is 0.493 e. The summed E-state index contributed by atoms with van der Waals surface area (Å²) in [5, 5.41) is 2.93. The van der Waals surface area contributed by atoms with Gasteiger partial charge in [0.15, 0.2) is 11.5 Å². The molecule has 11 heteroatoms. The minimum atomic E-state index is -4.46. The molecule has 2 aromatic rings. The van der Waals surface area contributed by atoms with Crippen LogP contribution in [-0.2, 0) is 17.4 Å². The van der Waals surface area contributed by atoms with Crippen molar-refractivity contribution in [1.82, 2.24) is 10.3 Å². The van der Waals surface area contributed by atoms with Crippen LogP contribution in [0.4, 0.5) is 22.0 Å². The van der Waals surface area contributed by atoms with Crippen molar-refractivity contribution in [2.24, 2.45) is 0 Å². The summed E-state index contributed by atoms with van der Waals surface area (Å²) in [4.78, 5) is 15.5. The van der Waals surface area contributed by atoms with Gasteiger partial charge >= 0.3 is 12.8 Å². The second kappa shape index (κ2) is 10.3. The van der Waals surface area contributed by atoms with Gasteiger partial charge in [-0.3, -0.25) is 4.79 Å². The molecule has 1 amide bonds. The minimum Gasteiger partial charge on any atom is -0.493 e. The number of thioether (sulfide) groups is 1. The molecule has 0 aliphatic heterocycles. The Kier molecular flexibility index (Phi) is 8.06. The Hall–Kier alpha value is -2.56. The highest BCUT2D eigenvalue weighted by atomic mass is 32.2. The zero-order valence-electron chi connectivity index (χ0n) is 15.1. The van der Waals surface area contributed by atoms with E-state index in [2.05, 4.69) is 15.0 Å². The lowest BCUT2D eigenvalue weighted by atomic mass is 10.1. The highest BCUT2D eigenvalue weighted by molar-refractivity contribution is 7.99. The van der Waals surface area contributed by atoms with Crippen molar-refractivity contribution >= 4 is 17.7 Å². The molecule has 29 heavy (non-hydrogen) atoms. The first-order valence-electron chi connectivity index (χ1n) is 8.23. The van der Waals surface area contributed by atoms with E-state index in [4.69, 9.17) is 4.74 Å². The van der Waals surface area contributed by atoms with E-state index in [0.717, 1.165) is 17.8 Å². The number of rotatable bonds is 9. The maximum atomic E-state index is 12.5. The molecule has 1 N–H and O–H groups in total. The van der Waals surface area contributed by atoms with Crippen LogP contribution in [0.1, 0.15) is 11.1 Å². The van der Waals surface area contributed by atoms with E-state index < -0.39 is 18.4 Å². The van der Waals surface area contributed by atoms with E-state index in [9.17, 15) is 26.7 Å². The van der Waals surface area contributed by atoms with Gasteiger partial charge in [-0.1, -0.05) is 17.8 Å². The first-order valence-corrected chi connectivity index (χ1v) is 9.22. The molecule has 0 bridgehead atoms. The van der Waals surface area contributed by atoms with Crippen LogP contribution in [0, 0.1) is 0 Å². The van der Waals surface area contributed by atoms with Crippen molar-refractivity contribution in [2.45, 2.75) is 24.2 Å². The maximum Gasteiger partial charge on any atom is 0.417 e. The smallest absolute Gasteiger partial charge is 0.417 e. The van der Waals surface area contributed by atoms with Gasteiger partial charge in [-0.15, -0.1) is 0 Å². The monoisotopic (exact) mass is 436 g/mol. The summed E-state index contributed by atoms with van der Waals surface area (Å²) in [6.07, 6.45) is -3.39. The molecule has 0 saturated carbocycles. The van der Waals surface area contributed by atoms with Crippen molar-refractivity contribution in [3.8, 4) is 11.5 Å². The van der Waals surface area contributed by atoms with Crippen LogP contribution in [0.25, 0.3) is 0 Å². The number of nitrogens with one attached hydrogen (secondary N) is 1.